The van der Waals surface area contributed by atoms with Crippen molar-refractivity contribution in [2.24, 2.45) is 0 Å². The molecule has 0 saturated carbocycles. The molecule has 0 aliphatic rings. The van der Waals surface area contributed by atoms with E-state index in [2.05, 4.69) is 36.4 Å². The minimum absolute atomic E-state index is 0.134. The second-order valence-corrected chi connectivity index (χ2v) is 7.23. The number of aryl methyl sites for hydroxylation is 1. The van der Waals surface area contributed by atoms with Gasteiger partial charge in [0.05, 0.1) is 11.4 Å². The van der Waals surface area contributed by atoms with E-state index >= 15 is 0 Å². The van der Waals surface area contributed by atoms with E-state index in [1.54, 1.807) is 37.3 Å². The zero-order valence-corrected chi connectivity index (χ0v) is 17.2. The topological polar surface area (TPSA) is 94.7 Å². The SMILES string of the molecule is Cc1cc(=O)c(C(=O)Nc2cc(Br)ccc2-n2cncn2)nn1-c1ccccc1F. The minimum atomic E-state index is -0.732. The smallest absolute Gasteiger partial charge is 0.280 e. The van der Waals surface area contributed by atoms with Crippen LogP contribution in [0.15, 0.2) is 70.5 Å². The monoisotopic (exact) mass is 468 g/mol. The van der Waals surface area contributed by atoms with Crippen LogP contribution < -0.4 is 10.7 Å². The number of amides is 1. The first-order valence-corrected chi connectivity index (χ1v) is 9.55. The first-order chi connectivity index (χ1) is 14.4. The molecule has 0 radical (unpaired) electrons. The molecule has 1 N–H and O–H groups in total. The fourth-order valence-electron chi connectivity index (χ4n) is 2.89. The van der Waals surface area contributed by atoms with E-state index in [4.69, 9.17) is 0 Å². The molecule has 0 aliphatic heterocycles. The Morgan fingerprint density at radius 2 is 1.93 bits per heavy atom. The quantitative estimate of drug-likeness (QED) is 0.495. The van der Waals surface area contributed by atoms with Crippen LogP contribution in [-0.2, 0) is 0 Å². The van der Waals surface area contributed by atoms with Gasteiger partial charge in [-0.25, -0.2) is 18.7 Å². The van der Waals surface area contributed by atoms with Gasteiger partial charge in [0.15, 0.2) is 5.69 Å². The molecule has 0 atom stereocenters. The van der Waals surface area contributed by atoms with Crippen LogP contribution in [0.1, 0.15) is 16.2 Å². The molecule has 30 heavy (non-hydrogen) atoms. The summed E-state index contributed by atoms with van der Waals surface area (Å²) >= 11 is 3.36. The molecular formula is C20H14BrFN6O2. The van der Waals surface area contributed by atoms with E-state index in [0.717, 1.165) is 0 Å². The van der Waals surface area contributed by atoms with Gasteiger partial charge in [-0.2, -0.15) is 10.2 Å². The second-order valence-electron chi connectivity index (χ2n) is 6.32. The highest BCUT2D eigenvalue weighted by Gasteiger charge is 2.18. The number of hydrogen-bond acceptors (Lipinski definition) is 5. The number of carbonyl (C=O) groups excluding carboxylic acids is 1. The zero-order chi connectivity index (χ0) is 21.3. The lowest BCUT2D eigenvalue weighted by Gasteiger charge is -2.13. The van der Waals surface area contributed by atoms with Crippen LogP contribution in [0, 0.1) is 12.7 Å². The Morgan fingerprint density at radius 1 is 1.13 bits per heavy atom. The van der Waals surface area contributed by atoms with Crippen LogP contribution in [0.2, 0.25) is 0 Å². The average Bonchev–Trinajstić information content (AvgIpc) is 3.23. The summed E-state index contributed by atoms with van der Waals surface area (Å²) in [6.07, 6.45) is 2.84. The van der Waals surface area contributed by atoms with E-state index in [1.165, 1.54) is 40.2 Å². The standard InChI is InChI=1S/C20H14BrFN6O2/c1-12-8-18(29)19(26-28(12)16-5-3-2-4-14(16)22)20(30)25-15-9-13(21)6-7-17(15)27-11-23-10-24-27/h2-11H,1H3,(H,25,30). The number of nitrogens with one attached hydrogen (secondary N) is 1. The van der Waals surface area contributed by atoms with Gasteiger partial charge >= 0.3 is 0 Å². The molecule has 0 unspecified atom stereocenters. The van der Waals surface area contributed by atoms with Crippen LogP contribution in [0.5, 0.6) is 0 Å². The third-order valence-corrected chi connectivity index (χ3v) is 4.77. The Kier molecular flexibility index (Phi) is 5.23. The second kappa shape index (κ2) is 7.99. The molecule has 10 heteroatoms. The molecule has 2 aromatic carbocycles. The lowest BCUT2D eigenvalue weighted by molar-refractivity contribution is 0.101. The molecular weight excluding hydrogens is 455 g/mol. The Labute approximate surface area is 178 Å². The van der Waals surface area contributed by atoms with Crippen LogP contribution in [0.25, 0.3) is 11.4 Å². The number of para-hydroxylation sites is 1. The number of rotatable bonds is 4. The number of benzene rings is 2. The largest absolute Gasteiger partial charge is 0.319 e. The molecule has 4 aromatic rings. The maximum absolute atomic E-state index is 14.2. The van der Waals surface area contributed by atoms with Gasteiger partial charge < -0.3 is 5.32 Å². The lowest BCUT2D eigenvalue weighted by Crippen LogP contribution is -2.27. The molecule has 0 bridgehead atoms. The van der Waals surface area contributed by atoms with E-state index in [1.807, 2.05) is 0 Å². The Hall–Kier alpha value is -3.66. The number of anilines is 1. The Balaban J connectivity index is 1.75. The van der Waals surface area contributed by atoms with Crippen LogP contribution in [-0.4, -0.2) is 30.5 Å². The van der Waals surface area contributed by atoms with Crippen molar-refractivity contribution in [2.75, 3.05) is 5.32 Å². The van der Waals surface area contributed by atoms with Crippen molar-refractivity contribution in [3.8, 4) is 11.4 Å². The van der Waals surface area contributed by atoms with E-state index < -0.39 is 17.2 Å². The molecule has 150 valence electrons. The van der Waals surface area contributed by atoms with Crippen molar-refractivity contribution in [1.29, 1.82) is 0 Å². The maximum Gasteiger partial charge on any atom is 0.280 e. The number of carbonyl (C=O) groups is 1. The van der Waals surface area contributed by atoms with Crippen LogP contribution in [0.3, 0.4) is 0 Å². The third-order valence-electron chi connectivity index (χ3n) is 4.28. The summed E-state index contributed by atoms with van der Waals surface area (Å²) < 4.78 is 17.6. The summed E-state index contributed by atoms with van der Waals surface area (Å²) in [6.45, 7) is 1.61. The molecule has 0 fully saturated rings. The van der Waals surface area contributed by atoms with Gasteiger partial charge in [0.1, 0.15) is 24.2 Å². The summed E-state index contributed by atoms with van der Waals surface area (Å²) in [5.41, 5.74) is 0.523. The zero-order valence-electron chi connectivity index (χ0n) is 15.6. The first-order valence-electron chi connectivity index (χ1n) is 8.76. The summed E-state index contributed by atoms with van der Waals surface area (Å²) in [5, 5.41) is 10.9. The molecule has 8 nitrogen and oxygen atoms in total. The predicted molar refractivity (Wildman–Crippen MR) is 112 cm³/mol. The van der Waals surface area contributed by atoms with Crippen molar-refractivity contribution in [3.63, 3.8) is 0 Å². The van der Waals surface area contributed by atoms with Gasteiger partial charge in [-0.3, -0.25) is 9.59 Å². The Morgan fingerprint density at radius 3 is 2.67 bits per heavy atom. The normalized spacial score (nSPS) is 10.8. The van der Waals surface area contributed by atoms with Gasteiger partial charge in [-0.1, -0.05) is 28.1 Å². The predicted octanol–water partition coefficient (Wildman–Crippen LogP) is 3.28. The van der Waals surface area contributed by atoms with Crippen molar-refractivity contribution in [3.05, 3.63) is 93.1 Å². The third kappa shape index (κ3) is 3.77. The molecule has 0 spiro atoms. The Bertz CT molecular complexity index is 1300. The first kappa shape index (κ1) is 19.6. The summed E-state index contributed by atoms with van der Waals surface area (Å²) in [6, 6.07) is 12.4. The molecule has 0 saturated heterocycles. The van der Waals surface area contributed by atoms with Crippen LogP contribution in [0.4, 0.5) is 10.1 Å². The number of nitrogens with zero attached hydrogens (tertiary/aromatic N) is 5. The van der Waals surface area contributed by atoms with Gasteiger partial charge in [-0.05, 0) is 37.3 Å². The molecule has 0 aliphatic carbocycles. The number of halogens is 2. The van der Waals surface area contributed by atoms with Gasteiger partial charge in [-0.15, -0.1) is 0 Å². The van der Waals surface area contributed by atoms with E-state index in [9.17, 15) is 14.0 Å². The van der Waals surface area contributed by atoms with Crippen LogP contribution >= 0.6 is 15.9 Å². The van der Waals surface area contributed by atoms with E-state index in [0.29, 0.717) is 21.5 Å². The van der Waals surface area contributed by atoms with Crippen molar-refractivity contribution >= 4 is 27.5 Å². The molecule has 4 rings (SSSR count). The highest BCUT2D eigenvalue weighted by Crippen LogP contribution is 2.24. The summed E-state index contributed by atoms with van der Waals surface area (Å²) in [7, 11) is 0. The molecule has 2 heterocycles. The maximum atomic E-state index is 14.2. The number of aromatic nitrogens is 5. The van der Waals surface area contributed by atoms with E-state index in [-0.39, 0.29) is 11.4 Å². The summed E-state index contributed by atoms with van der Waals surface area (Å²) in [5.74, 6) is -1.26. The molecule has 2 aromatic heterocycles. The minimum Gasteiger partial charge on any atom is -0.319 e. The van der Waals surface area contributed by atoms with Gasteiger partial charge in [0.2, 0.25) is 5.43 Å². The fraction of sp³-hybridized carbons (Fsp3) is 0.0500. The summed E-state index contributed by atoms with van der Waals surface area (Å²) in [4.78, 5) is 29.3. The van der Waals surface area contributed by atoms with Crippen molar-refractivity contribution in [1.82, 2.24) is 24.5 Å². The molecule has 1 amide bonds. The highest BCUT2D eigenvalue weighted by atomic mass is 79.9. The fourth-order valence-corrected chi connectivity index (χ4v) is 3.26. The lowest BCUT2D eigenvalue weighted by atomic mass is 10.2. The number of hydrogen-bond donors (Lipinski definition) is 1. The van der Waals surface area contributed by atoms with Gasteiger partial charge in [0.25, 0.3) is 5.91 Å². The van der Waals surface area contributed by atoms with Gasteiger partial charge in [0, 0.05) is 16.2 Å². The van der Waals surface area contributed by atoms with Crippen molar-refractivity contribution < 1.29 is 9.18 Å². The van der Waals surface area contributed by atoms with Crippen molar-refractivity contribution in [2.45, 2.75) is 6.92 Å². The highest BCUT2D eigenvalue weighted by molar-refractivity contribution is 9.10. The average molecular weight is 469 g/mol.